The Morgan fingerprint density at radius 3 is 2.42 bits per heavy atom. The van der Waals surface area contributed by atoms with Crippen LogP contribution in [0.2, 0.25) is 0 Å². The lowest BCUT2D eigenvalue weighted by Gasteiger charge is -2.15. The molecule has 1 aliphatic heterocycles. The molecule has 0 atom stereocenters. The first kappa shape index (κ1) is 22.4. The first-order chi connectivity index (χ1) is 16.0. The number of ether oxygens (including phenoxy) is 2. The summed E-state index contributed by atoms with van der Waals surface area (Å²) in [6, 6.07) is 19.4. The largest absolute Gasteiger partial charge is 0.493 e. The summed E-state index contributed by atoms with van der Waals surface area (Å²) < 4.78 is 10.9. The van der Waals surface area contributed by atoms with Crippen molar-refractivity contribution in [3.05, 3.63) is 77.4 Å². The first-order valence-electron chi connectivity index (χ1n) is 11.1. The van der Waals surface area contributed by atoms with E-state index in [1.807, 2.05) is 66.4 Å². The van der Waals surface area contributed by atoms with Crippen LogP contribution in [0.4, 0.5) is 5.69 Å². The molecule has 0 spiro atoms. The normalized spacial score (nSPS) is 12.3. The van der Waals surface area contributed by atoms with Gasteiger partial charge in [0, 0.05) is 31.3 Å². The summed E-state index contributed by atoms with van der Waals surface area (Å²) in [6.45, 7) is 5.20. The summed E-state index contributed by atoms with van der Waals surface area (Å²) in [6.07, 6.45) is 0.861. The highest BCUT2D eigenvalue weighted by Crippen LogP contribution is 2.32. The van der Waals surface area contributed by atoms with Crippen LogP contribution in [0.3, 0.4) is 0 Å². The molecule has 0 aliphatic carbocycles. The topological polar surface area (TPSA) is 67.9 Å². The number of carbonyl (C=O) groups is 2. The van der Waals surface area contributed by atoms with E-state index >= 15 is 0 Å². The number of hydrogen-bond donors (Lipinski definition) is 1. The van der Waals surface area contributed by atoms with E-state index in [1.165, 1.54) is 5.56 Å². The molecule has 0 saturated carbocycles. The number of benzene rings is 3. The van der Waals surface area contributed by atoms with Crippen LogP contribution in [0, 0.1) is 0 Å². The summed E-state index contributed by atoms with van der Waals surface area (Å²) >= 11 is 0. The van der Waals surface area contributed by atoms with Gasteiger partial charge in [-0.15, -0.1) is 0 Å². The minimum absolute atomic E-state index is 0.0699. The van der Waals surface area contributed by atoms with Crippen molar-refractivity contribution in [3.63, 3.8) is 0 Å². The molecule has 2 amide bonds. The van der Waals surface area contributed by atoms with Crippen molar-refractivity contribution in [1.82, 2.24) is 5.32 Å². The maximum Gasteiger partial charge on any atom is 0.251 e. The highest BCUT2D eigenvalue weighted by Gasteiger charge is 2.22. The molecule has 4 rings (SSSR count). The van der Waals surface area contributed by atoms with Crippen molar-refractivity contribution in [1.29, 1.82) is 0 Å². The zero-order valence-corrected chi connectivity index (χ0v) is 19.2. The molecular formula is C27H28N2O4. The molecule has 33 heavy (non-hydrogen) atoms. The van der Waals surface area contributed by atoms with E-state index < -0.39 is 0 Å². The van der Waals surface area contributed by atoms with Gasteiger partial charge in [-0.1, -0.05) is 24.3 Å². The number of fused-ring (bicyclic) bond motifs is 1. The number of rotatable bonds is 7. The molecule has 0 aromatic heterocycles. The number of amides is 2. The van der Waals surface area contributed by atoms with Crippen LogP contribution in [0.5, 0.6) is 11.5 Å². The Morgan fingerprint density at radius 2 is 1.73 bits per heavy atom. The Labute approximate surface area is 194 Å². The van der Waals surface area contributed by atoms with E-state index in [9.17, 15) is 9.59 Å². The Balaban J connectivity index is 1.41. The fraction of sp³-hybridized carbons (Fsp3) is 0.259. The van der Waals surface area contributed by atoms with Crippen molar-refractivity contribution < 1.29 is 19.1 Å². The Bertz CT molecular complexity index is 1170. The third kappa shape index (κ3) is 4.85. The highest BCUT2D eigenvalue weighted by atomic mass is 16.5. The van der Waals surface area contributed by atoms with Gasteiger partial charge in [-0.3, -0.25) is 9.59 Å². The van der Waals surface area contributed by atoms with Gasteiger partial charge in [0.25, 0.3) is 5.91 Å². The van der Waals surface area contributed by atoms with Crippen LogP contribution in [0.1, 0.15) is 35.3 Å². The molecule has 0 radical (unpaired) electrons. The molecule has 3 aromatic carbocycles. The maximum atomic E-state index is 12.6. The van der Waals surface area contributed by atoms with E-state index in [2.05, 4.69) is 11.4 Å². The van der Waals surface area contributed by atoms with Crippen molar-refractivity contribution >= 4 is 17.5 Å². The monoisotopic (exact) mass is 444 g/mol. The zero-order chi connectivity index (χ0) is 23.4. The van der Waals surface area contributed by atoms with E-state index in [-0.39, 0.29) is 11.8 Å². The van der Waals surface area contributed by atoms with Gasteiger partial charge >= 0.3 is 0 Å². The molecule has 3 aromatic rings. The minimum Gasteiger partial charge on any atom is -0.493 e. The summed E-state index contributed by atoms with van der Waals surface area (Å²) in [5.74, 6) is 1.26. The molecule has 0 bridgehead atoms. The first-order valence-corrected chi connectivity index (χ1v) is 11.1. The number of methoxy groups -OCH3 is 1. The van der Waals surface area contributed by atoms with Gasteiger partial charge in [-0.2, -0.15) is 0 Å². The van der Waals surface area contributed by atoms with Crippen LogP contribution in [0.15, 0.2) is 60.7 Å². The Kier molecular flexibility index (Phi) is 6.63. The van der Waals surface area contributed by atoms with Crippen molar-refractivity contribution in [2.45, 2.75) is 26.8 Å². The number of anilines is 1. The molecular weight excluding hydrogens is 416 g/mol. The van der Waals surface area contributed by atoms with Gasteiger partial charge < -0.3 is 19.7 Å². The van der Waals surface area contributed by atoms with E-state index in [0.717, 1.165) is 35.3 Å². The number of carbonyl (C=O) groups excluding carboxylic acids is 2. The van der Waals surface area contributed by atoms with E-state index in [4.69, 9.17) is 9.47 Å². The van der Waals surface area contributed by atoms with Crippen molar-refractivity contribution in [2.24, 2.45) is 0 Å². The lowest BCUT2D eigenvalue weighted by molar-refractivity contribution is -0.116. The molecule has 0 saturated heterocycles. The van der Waals surface area contributed by atoms with Crippen LogP contribution in [-0.2, 0) is 17.8 Å². The lowest BCUT2D eigenvalue weighted by Crippen LogP contribution is -2.25. The quantitative estimate of drug-likeness (QED) is 0.578. The Morgan fingerprint density at radius 1 is 0.970 bits per heavy atom. The fourth-order valence-electron chi connectivity index (χ4n) is 4.10. The summed E-state index contributed by atoms with van der Waals surface area (Å²) in [5, 5.41) is 2.95. The molecule has 1 aliphatic rings. The molecule has 6 heteroatoms. The summed E-state index contributed by atoms with van der Waals surface area (Å²) in [7, 11) is 1.60. The van der Waals surface area contributed by atoms with Crippen LogP contribution in [0.25, 0.3) is 11.1 Å². The average molecular weight is 445 g/mol. The molecule has 6 nitrogen and oxygen atoms in total. The number of nitrogens with zero attached hydrogens (tertiary/aromatic N) is 1. The van der Waals surface area contributed by atoms with E-state index in [0.29, 0.717) is 30.2 Å². The molecule has 1 heterocycles. The second-order valence-corrected chi connectivity index (χ2v) is 7.94. The van der Waals surface area contributed by atoms with Gasteiger partial charge in [0.1, 0.15) is 0 Å². The Hall–Kier alpha value is -3.80. The SMILES string of the molecule is CCOc1ccc(CNC(=O)c2ccc(-c3ccc4c(c3)CCN4C(C)=O)cc2)cc1OC. The van der Waals surface area contributed by atoms with E-state index in [1.54, 1.807) is 14.0 Å². The minimum atomic E-state index is -0.138. The van der Waals surface area contributed by atoms with Crippen LogP contribution < -0.4 is 19.7 Å². The van der Waals surface area contributed by atoms with Gasteiger partial charge in [0.2, 0.25) is 5.91 Å². The van der Waals surface area contributed by atoms with Crippen LogP contribution >= 0.6 is 0 Å². The van der Waals surface area contributed by atoms with Gasteiger partial charge in [0.05, 0.1) is 13.7 Å². The smallest absolute Gasteiger partial charge is 0.251 e. The standard InChI is InChI=1S/C27H28N2O4/c1-4-33-25-12-5-19(15-26(25)32-3)17-28-27(31)21-8-6-20(7-9-21)22-10-11-24-23(16-22)13-14-29(24)18(2)30/h5-12,15-16H,4,13-14,17H2,1-3H3,(H,28,31). The summed E-state index contributed by atoms with van der Waals surface area (Å²) in [5.41, 5.74) is 5.81. The third-order valence-corrected chi connectivity index (χ3v) is 5.82. The zero-order valence-electron chi connectivity index (χ0n) is 19.2. The molecule has 0 fully saturated rings. The number of nitrogens with one attached hydrogen (secondary N) is 1. The van der Waals surface area contributed by atoms with Crippen molar-refractivity contribution in [2.75, 3.05) is 25.2 Å². The van der Waals surface area contributed by atoms with Gasteiger partial charge in [-0.05, 0) is 72.0 Å². The highest BCUT2D eigenvalue weighted by molar-refractivity contribution is 5.95. The average Bonchev–Trinajstić information content (AvgIpc) is 3.27. The number of hydrogen-bond acceptors (Lipinski definition) is 4. The second kappa shape index (κ2) is 9.77. The summed E-state index contributed by atoms with van der Waals surface area (Å²) in [4.78, 5) is 26.2. The third-order valence-electron chi connectivity index (χ3n) is 5.82. The molecule has 0 unspecified atom stereocenters. The van der Waals surface area contributed by atoms with Crippen molar-refractivity contribution in [3.8, 4) is 22.6 Å². The van der Waals surface area contributed by atoms with Crippen LogP contribution in [-0.4, -0.2) is 32.1 Å². The van der Waals surface area contributed by atoms with Gasteiger partial charge in [-0.25, -0.2) is 0 Å². The lowest BCUT2D eigenvalue weighted by atomic mass is 10.0. The molecule has 170 valence electrons. The molecule has 1 N–H and O–H groups in total. The maximum absolute atomic E-state index is 12.6. The second-order valence-electron chi connectivity index (χ2n) is 7.94. The predicted molar refractivity (Wildman–Crippen MR) is 129 cm³/mol. The predicted octanol–water partition coefficient (Wildman–Crippen LogP) is 4.60. The van der Waals surface area contributed by atoms with Gasteiger partial charge in [0.15, 0.2) is 11.5 Å². The fourth-order valence-corrected chi connectivity index (χ4v) is 4.10.